The third-order valence-electron chi connectivity index (χ3n) is 2.66. The van der Waals surface area contributed by atoms with Gasteiger partial charge < -0.3 is 5.73 Å². The monoisotopic (exact) mass is 325 g/mol. The maximum Gasteiger partial charge on any atom is 0.129 e. The molecular formula is C13H16BrN3S. The highest BCUT2D eigenvalue weighted by molar-refractivity contribution is 9.11. The van der Waals surface area contributed by atoms with Crippen LogP contribution in [0.2, 0.25) is 0 Å². The van der Waals surface area contributed by atoms with Gasteiger partial charge in [0, 0.05) is 12.1 Å². The summed E-state index contributed by atoms with van der Waals surface area (Å²) in [5, 5.41) is 0. The first-order valence-corrected chi connectivity index (χ1v) is 7.49. The van der Waals surface area contributed by atoms with Crippen LogP contribution in [0.25, 0.3) is 10.6 Å². The highest BCUT2D eigenvalue weighted by Gasteiger charge is 2.09. The van der Waals surface area contributed by atoms with Crippen molar-refractivity contribution in [2.45, 2.75) is 20.3 Å². The highest BCUT2D eigenvalue weighted by Crippen LogP contribution is 2.30. The van der Waals surface area contributed by atoms with E-state index in [4.69, 9.17) is 5.73 Å². The smallest absolute Gasteiger partial charge is 0.129 e. The minimum absolute atomic E-state index is 0.412. The molecule has 3 nitrogen and oxygen atoms in total. The Morgan fingerprint density at radius 1 is 1.39 bits per heavy atom. The quantitative estimate of drug-likeness (QED) is 0.937. The molecule has 18 heavy (non-hydrogen) atoms. The molecule has 0 aliphatic heterocycles. The number of hydrogen-bond donors (Lipinski definition) is 1. The molecule has 0 aliphatic carbocycles. The summed E-state index contributed by atoms with van der Waals surface area (Å²) < 4.78 is 1.12. The molecule has 0 bridgehead atoms. The number of nitrogens with zero attached hydrogens (tertiary/aromatic N) is 2. The molecule has 0 spiro atoms. The predicted molar refractivity (Wildman–Crippen MR) is 79.7 cm³/mol. The Morgan fingerprint density at radius 2 is 2.17 bits per heavy atom. The van der Waals surface area contributed by atoms with Crippen molar-refractivity contribution in [3.05, 3.63) is 33.5 Å². The van der Waals surface area contributed by atoms with E-state index in [0.29, 0.717) is 12.5 Å². The molecule has 2 aromatic heterocycles. The van der Waals surface area contributed by atoms with Gasteiger partial charge in [0.25, 0.3) is 0 Å². The van der Waals surface area contributed by atoms with Crippen LogP contribution in [0.5, 0.6) is 0 Å². The fraction of sp³-hybridized carbons (Fsp3) is 0.385. The Morgan fingerprint density at radius 3 is 2.78 bits per heavy atom. The van der Waals surface area contributed by atoms with Gasteiger partial charge in [-0.25, -0.2) is 9.97 Å². The van der Waals surface area contributed by atoms with Gasteiger partial charge in [-0.2, -0.15) is 0 Å². The summed E-state index contributed by atoms with van der Waals surface area (Å²) in [5.74, 6) is 1.29. The van der Waals surface area contributed by atoms with Gasteiger partial charge in [0.05, 0.1) is 14.4 Å². The van der Waals surface area contributed by atoms with E-state index < -0.39 is 0 Å². The molecule has 96 valence electrons. The lowest BCUT2D eigenvalue weighted by molar-refractivity contribution is 0.573. The van der Waals surface area contributed by atoms with Crippen molar-refractivity contribution >= 4 is 27.3 Å². The number of nitrogens with two attached hydrogens (primary N) is 1. The summed E-state index contributed by atoms with van der Waals surface area (Å²) in [6.45, 7) is 4.79. The van der Waals surface area contributed by atoms with Crippen molar-refractivity contribution in [3.8, 4) is 10.6 Å². The molecule has 0 amide bonds. The van der Waals surface area contributed by atoms with Crippen LogP contribution >= 0.6 is 27.3 Å². The van der Waals surface area contributed by atoms with E-state index in [9.17, 15) is 0 Å². The number of halogens is 1. The average molecular weight is 326 g/mol. The fourth-order valence-corrected chi connectivity index (χ4v) is 3.04. The molecule has 0 radical (unpaired) electrons. The summed E-state index contributed by atoms with van der Waals surface area (Å²) in [6, 6.07) is 6.14. The van der Waals surface area contributed by atoms with Gasteiger partial charge in [-0.15, -0.1) is 11.3 Å². The number of aromatic nitrogens is 2. The summed E-state index contributed by atoms with van der Waals surface area (Å²) in [7, 11) is 0. The second-order valence-corrected chi connectivity index (χ2v) is 6.92. The Balaban J connectivity index is 2.32. The van der Waals surface area contributed by atoms with Gasteiger partial charge in [0.15, 0.2) is 0 Å². The topological polar surface area (TPSA) is 51.8 Å². The molecule has 1 atom stereocenters. The Kier molecular flexibility index (Phi) is 4.48. The van der Waals surface area contributed by atoms with Gasteiger partial charge in [0.2, 0.25) is 0 Å². The normalized spacial score (nSPS) is 12.7. The van der Waals surface area contributed by atoms with Crippen molar-refractivity contribution in [1.82, 2.24) is 9.97 Å². The molecule has 2 aromatic rings. The average Bonchev–Trinajstić information content (AvgIpc) is 2.75. The molecule has 0 aromatic carbocycles. The molecule has 1 unspecified atom stereocenters. The summed E-state index contributed by atoms with van der Waals surface area (Å²) >= 11 is 5.16. The second-order valence-electron chi connectivity index (χ2n) is 4.46. The van der Waals surface area contributed by atoms with Crippen LogP contribution in [0.15, 0.2) is 22.0 Å². The third kappa shape index (κ3) is 3.37. The zero-order valence-corrected chi connectivity index (χ0v) is 12.9. The van der Waals surface area contributed by atoms with Gasteiger partial charge in [0.1, 0.15) is 5.82 Å². The SMILES string of the molecule is Cc1cc(-c2ccc(Br)s2)nc(CC(C)CN)n1. The zero-order chi connectivity index (χ0) is 13.1. The van der Waals surface area contributed by atoms with E-state index in [2.05, 4.69) is 38.9 Å². The second kappa shape index (κ2) is 5.91. The number of aryl methyl sites for hydroxylation is 1. The van der Waals surface area contributed by atoms with Crippen molar-refractivity contribution in [3.63, 3.8) is 0 Å². The van der Waals surface area contributed by atoms with E-state index in [1.165, 1.54) is 0 Å². The molecule has 0 saturated heterocycles. The largest absolute Gasteiger partial charge is 0.330 e. The van der Waals surface area contributed by atoms with Crippen LogP contribution < -0.4 is 5.73 Å². The molecule has 5 heteroatoms. The van der Waals surface area contributed by atoms with Crippen LogP contribution in [-0.2, 0) is 6.42 Å². The number of hydrogen-bond acceptors (Lipinski definition) is 4. The van der Waals surface area contributed by atoms with E-state index in [-0.39, 0.29) is 0 Å². The molecule has 2 rings (SSSR count). The zero-order valence-electron chi connectivity index (χ0n) is 10.5. The number of rotatable bonds is 4. The van der Waals surface area contributed by atoms with E-state index in [1.807, 2.05) is 19.1 Å². The van der Waals surface area contributed by atoms with Crippen LogP contribution in [0, 0.1) is 12.8 Å². The standard InChI is InChI=1S/C13H16BrN3S/c1-8(7-15)5-13-16-9(2)6-10(17-13)11-3-4-12(14)18-11/h3-4,6,8H,5,7,15H2,1-2H3. The first-order valence-electron chi connectivity index (χ1n) is 5.89. The van der Waals surface area contributed by atoms with E-state index >= 15 is 0 Å². The maximum atomic E-state index is 5.65. The van der Waals surface area contributed by atoms with Gasteiger partial charge in [-0.05, 0) is 53.5 Å². The van der Waals surface area contributed by atoms with Crippen LogP contribution in [0.1, 0.15) is 18.4 Å². The fourth-order valence-electron chi connectivity index (χ4n) is 1.69. The molecule has 2 heterocycles. The third-order valence-corrected chi connectivity index (χ3v) is 4.31. The molecular weight excluding hydrogens is 310 g/mol. The summed E-state index contributed by atoms with van der Waals surface area (Å²) in [4.78, 5) is 10.3. The van der Waals surface area contributed by atoms with Crippen molar-refractivity contribution < 1.29 is 0 Å². The summed E-state index contributed by atoms with van der Waals surface area (Å²) in [5.41, 5.74) is 7.65. The number of thiophene rings is 1. The van der Waals surface area contributed by atoms with Gasteiger partial charge >= 0.3 is 0 Å². The lowest BCUT2D eigenvalue weighted by Crippen LogP contribution is -2.15. The summed E-state index contributed by atoms with van der Waals surface area (Å²) in [6.07, 6.45) is 0.831. The molecule has 0 saturated carbocycles. The van der Waals surface area contributed by atoms with Gasteiger partial charge in [-0.3, -0.25) is 0 Å². The molecule has 0 aliphatic rings. The Labute approximate surface area is 120 Å². The first-order chi connectivity index (χ1) is 8.58. The minimum Gasteiger partial charge on any atom is -0.330 e. The van der Waals surface area contributed by atoms with E-state index in [0.717, 1.165) is 32.3 Å². The Hall–Kier alpha value is -0.780. The van der Waals surface area contributed by atoms with Crippen LogP contribution in [0.3, 0.4) is 0 Å². The molecule has 2 N–H and O–H groups in total. The van der Waals surface area contributed by atoms with Crippen LogP contribution in [-0.4, -0.2) is 16.5 Å². The molecule has 0 fully saturated rings. The highest BCUT2D eigenvalue weighted by atomic mass is 79.9. The first kappa shape index (κ1) is 13.6. The van der Waals surface area contributed by atoms with Crippen molar-refractivity contribution in [2.75, 3.05) is 6.54 Å². The van der Waals surface area contributed by atoms with Crippen LogP contribution in [0.4, 0.5) is 0 Å². The Bertz CT molecular complexity index is 539. The van der Waals surface area contributed by atoms with E-state index in [1.54, 1.807) is 11.3 Å². The van der Waals surface area contributed by atoms with Crippen molar-refractivity contribution in [2.24, 2.45) is 11.7 Å². The maximum absolute atomic E-state index is 5.65. The lowest BCUT2D eigenvalue weighted by Gasteiger charge is -2.08. The lowest BCUT2D eigenvalue weighted by atomic mass is 10.1. The predicted octanol–water partition coefficient (Wildman–Crippen LogP) is 3.41. The minimum atomic E-state index is 0.412. The van der Waals surface area contributed by atoms with Crippen molar-refractivity contribution in [1.29, 1.82) is 0 Å². The van der Waals surface area contributed by atoms with Gasteiger partial charge in [-0.1, -0.05) is 6.92 Å².